The van der Waals surface area contributed by atoms with Crippen molar-refractivity contribution in [1.82, 2.24) is 10.2 Å². The molecule has 2 aliphatic rings. The normalized spacial score (nSPS) is 26.9. The van der Waals surface area contributed by atoms with Gasteiger partial charge in [0.25, 0.3) is 0 Å². The van der Waals surface area contributed by atoms with Crippen molar-refractivity contribution in [3.63, 3.8) is 0 Å². The van der Waals surface area contributed by atoms with Gasteiger partial charge in [0.15, 0.2) is 5.96 Å². The van der Waals surface area contributed by atoms with E-state index in [-0.39, 0.29) is 6.61 Å². The van der Waals surface area contributed by atoms with Crippen molar-refractivity contribution < 1.29 is 17.9 Å². The summed E-state index contributed by atoms with van der Waals surface area (Å²) >= 11 is 0. The fourth-order valence-corrected chi connectivity index (χ4v) is 3.33. The van der Waals surface area contributed by atoms with Crippen LogP contribution in [0.4, 0.5) is 13.2 Å². The third-order valence-corrected chi connectivity index (χ3v) is 4.28. The number of hydrogen-bond acceptors (Lipinski definition) is 2. The SMILES string of the molecule is CN=C(NCCOCC(F)(F)F)N1CC2CCCCC2C1. The lowest BCUT2D eigenvalue weighted by atomic mass is 9.82. The van der Waals surface area contributed by atoms with Gasteiger partial charge in [-0.15, -0.1) is 0 Å². The number of halogens is 3. The van der Waals surface area contributed by atoms with Gasteiger partial charge in [0.2, 0.25) is 0 Å². The first-order chi connectivity index (χ1) is 9.99. The molecule has 0 aromatic rings. The molecule has 122 valence electrons. The van der Waals surface area contributed by atoms with Crippen LogP contribution in [0.25, 0.3) is 0 Å². The van der Waals surface area contributed by atoms with Crippen molar-refractivity contribution in [2.45, 2.75) is 31.9 Å². The molecule has 4 nitrogen and oxygen atoms in total. The highest BCUT2D eigenvalue weighted by atomic mass is 19.4. The van der Waals surface area contributed by atoms with Crippen molar-refractivity contribution in [3.8, 4) is 0 Å². The van der Waals surface area contributed by atoms with Crippen LogP contribution in [-0.2, 0) is 4.74 Å². The standard InChI is InChI=1S/C14H24F3N3O/c1-18-13(19-6-7-21-10-14(15,16)17)20-8-11-4-2-3-5-12(11)9-20/h11-12H,2-10H2,1H3,(H,18,19). The van der Waals surface area contributed by atoms with Crippen molar-refractivity contribution in [2.75, 3.05) is 39.9 Å². The molecule has 1 N–H and O–H groups in total. The summed E-state index contributed by atoms with van der Waals surface area (Å²) in [6, 6.07) is 0. The predicted molar refractivity (Wildman–Crippen MR) is 75.3 cm³/mol. The molecule has 0 radical (unpaired) electrons. The lowest BCUT2D eigenvalue weighted by molar-refractivity contribution is -0.173. The van der Waals surface area contributed by atoms with E-state index in [1.54, 1.807) is 7.05 Å². The van der Waals surface area contributed by atoms with E-state index in [1.165, 1.54) is 25.7 Å². The number of fused-ring (bicyclic) bond motifs is 1. The van der Waals surface area contributed by atoms with Crippen LogP contribution in [0.15, 0.2) is 4.99 Å². The van der Waals surface area contributed by atoms with E-state index in [2.05, 4.69) is 19.9 Å². The quantitative estimate of drug-likeness (QED) is 0.492. The van der Waals surface area contributed by atoms with Gasteiger partial charge in [-0.05, 0) is 24.7 Å². The molecule has 1 aliphatic carbocycles. The van der Waals surface area contributed by atoms with Crippen LogP contribution in [0.3, 0.4) is 0 Å². The molecule has 1 aliphatic heterocycles. The van der Waals surface area contributed by atoms with Crippen molar-refractivity contribution >= 4 is 5.96 Å². The van der Waals surface area contributed by atoms with Gasteiger partial charge in [0.1, 0.15) is 6.61 Å². The molecule has 1 saturated carbocycles. The van der Waals surface area contributed by atoms with Crippen LogP contribution in [0.1, 0.15) is 25.7 Å². The number of likely N-dealkylation sites (tertiary alicyclic amines) is 1. The topological polar surface area (TPSA) is 36.9 Å². The molecular formula is C14H24F3N3O. The predicted octanol–water partition coefficient (Wildman–Crippen LogP) is 2.26. The molecular weight excluding hydrogens is 283 g/mol. The summed E-state index contributed by atoms with van der Waals surface area (Å²) in [5, 5.41) is 3.09. The van der Waals surface area contributed by atoms with Gasteiger partial charge in [-0.2, -0.15) is 13.2 Å². The molecule has 0 bridgehead atoms. The number of alkyl halides is 3. The summed E-state index contributed by atoms with van der Waals surface area (Å²) in [6.07, 6.45) is 0.935. The van der Waals surface area contributed by atoms with Crippen LogP contribution >= 0.6 is 0 Å². The Morgan fingerprint density at radius 2 is 1.86 bits per heavy atom. The summed E-state index contributed by atoms with van der Waals surface area (Å²) in [6.45, 7) is 1.19. The fourth-order valence-electron chi connectivity index (χ4n) is 3.33. The summed E-state index contributed by atoms with van der Waals surface area (Å²) in [4.78, 5) is 6.45. The maximum Gasteiger partial charge on any atom is 0.411 e. The second-order valence-electron chi connectivity index (χ2n) is 5.85. The number of hydrogen-bond donors (Lipinski definition) is 1. The van der Waals surface area contributed by atoms with Crippen molar-refractivity contribution in [1.29, 1.82) is 0 Å². The molecule has 1 heterocycles. The first-order valence-corrected chi connectivity index (χ1v) is 7.59. The van der Waals surface area contributed by atoms with E-state index in [1.807, 2.05) is 0 Å². The number of aliphatic imine (C=N–C) groups is 1. The molecule has 2 unspecified atom stereocenters. The fraction of sp³-hybridized carbons (Fsp3) is 0.929. The maximum atomic E-state index is 11.9. The number of nitrogens with zero attached hydrogens (tertiary/aromatic N) is 2. The van der Waals surface area contributed by atoms with Gasteiger partial charge in [-0.1, -0.05) is 12.8 Å². The molecule has 1 saturated heterocycles. The maximum absolute atomic E-state index is 11.9. The molecule has 0 aromatic heterocycles. The summed E-state index contributed by atoms with van der Waals surface area (Å²) in [7, 11) is 1.71. The minimum atomic E-state index is -4.26. The summed E-state index contributed by atoms with van der Waals surface area (Å²) in [5.41, 5.74) is 0. The Morgan fingerprint density at radius 3 is 2.38 bits per heavy atom. The van der Waals surface area contributed by atoms with Gasteiger partial charge in [0.05, 0.1) is 6.61 Å². The third-order valence-electron chi connectivity index (χ3n) is 4.28. The zero-order chi connectivity index (χ0) is 15.3. The monoisotopic (exact) mass is 307 g/mol. The van der Waals surface area contributed by atoms with Crippen LogP contribution in [0, 0.1) is 11.8 Å². The Labute approximate surface area is 123 Å². The lowest BCUT2D eigenvalue weighted by Gasteiger charge is -2.22. The zero-order valence-corrected chi connectivity index (χ0v) is 12.5. The van der Waals surface area contributed by atoms with E-state index in [0.29, 0.717) is 6.54 Å². The van der Waals surface area contributed by atoms with Gasteiger partial charge in [0, 0.05) is 26.7 Å². The minimum absolute atomic E-state index is 0.0270. The van der Waals surface area contributed by atoms with Crippen LogP contribution in [-0.4, -0.2) is 56.9 Å². The van der Waals surface area contributed by atoms with E-state index in [9.17, 15) is 13.2 Å². The van der Waals surface area contributed by atoms with Crippen LogP contribution < -0.4 is 5.32 Å². The van der Waals surface area contributed by atoms with E-state index in [0.717, 1.165) is 30.9 Å². The Bertz CT molecular complexity index is 346. The number of ether oxygens (including phenoxy) is 1. The van der Waals surface area contributed by atoms with Crippen LogP contribution in [0.5, 0.6) is 0 Å². The van der Waals surface area contributed by atoms with Gasteiger partial charge >= 0.3 is 6.18 Å². The molecule has 0 amide bonds. The van der Waals surface area contributed by atoms with E-state index in [4.69, 9.17) is 0 Å². The Hall–Kier alpha value is -0.980. The highest BCUT2D eigenvalue weighted by Gasteiger charge is 2.35. The third kappa shape index (κ3) is 5.05. The average Bonchev–Trinajstić information content (AvgIpc) is 2.85. The molecule has 0 spiro atoms. The highest BCUT2D eigenvalue weighted by Crippen LogP contribution is 2.35. The zero-order valence-electron chi connectivity index (χ0n) is 12.5. The molecule has 21 heavy (non-hydrogen) atoms. The van der Waals surface area contributed by atoms with Gasteiger partial charge in [-0.25, -0.2) is 0 Å². The minimum Gasteiger partial charge on any atom is -0.370 e. The average molecular weight is 307 g/mol. The van der Waals surface area contributed by atoms with Crippen molar-refractivity contribution in [3.05, 3.63) is 0 Å². The van der Waals surface area contributed by atoms with E-state index < -0.39 is 12.8 Å². The first-order valence-electron chi connectivity index (χ1n) is 7.59. The van der Waals surface area contributed by atoms with Gasteiger partial charge in [-0.3, -0.25) is 4.99 Å². The molecule has 2 fully saturated rings. The highest BCUT2D eigenvalue weighted by molar-refractivity contribution is 5.80. The largest absolute Gasteiger partial charge is 0.411 e. The number of rotatable bonds is 4. The van der Waals surface area contributed by atoms with Gasteiger partial charge < -0.3 is 15.0 Å². The van der Waals surface area contributed by atoms with Crippen LogP contribution in [0.2, 0.25) is 0 Å². The Balaban J connectivity index is 1.69. The molecule has 0 aromatic carbocycles. The second kappa shape index (κ2) is 7.33. The first kappa shape index (κ1) is 16.4. The Morgan fingerprint density at radius 1 is 1.24 bits per heavy atom. The van der Waals surface area contributed by atoms with Crippen molar-refractivity contribution in [2.24, 2.45) is 16.8 Å². The smallest absolute Gasteiger partial charge is 0.370 e. The molecule has 7 heteroatoms. The molecule has 2 rings (SSSR count). The lowest BCUT2D eigenvalue weighted by Crippen LogP contribution is -2.41. The summed E-state index contributed by atoms with van der Waals surface area (Å²) < 4.78 is 40.4. The summed E-state index contributed by atoms with van der Waals surface area (Å²) in [5.74, 6) is 2.28. The van der Waals surface area contributed by atoms with E-state index >= 15 is 0 Å². The second-order valence-corrected chi connectivity index (χ2v) is 5.85. The number of nitrogens with one attached hydrogen (secondary N) is 1. The molecule has 2 atom stereocenters. The number of guanidine groups is 1. The Kier molecular flexibility index (Phi) is 5.72.